The van der Waals surface area contributed by atoms with Crippen LogP contribution in [0.2, 0.25) is 0 Å². The molecule has 0 aliphatic rings. The van der Waals surface area contributed by atoms with E-state index in [1.54, 1.807) is 0 Å². The number of carboxylic acids is 2. The first-order chi connectivity index (χ1) is 20.3. The van der Waals surface area contributed by atoms with E-state index >= 15 is 0 Å². The van der Waals surface area contributed by atoms with E-state index in [9.17, 15) is 14.4 Å². The molecule has 0 aliphatic carbocycles. The van der Waals surface area contributed by atoms with Gasteiger partial charge in [0, 0.05) is 31.8 Å². The number of carbonyl (C=O) groups excluding carboxylic acids is 1. The smallest absolute Gasteiger partial charge is 0.303 e. The number of carboxylic acid groups (broad SMARTS) is 2. The molecule has 0 atom stereocenters. The van der Waals surface area contributed by atoms with E-state index in [0.29, 0.717) is 18.4 Å². The molecule has 0 aromatic heterocycles. The first-order valence-corrected chi connectivity index (χ1v) is 17.7. The second-order valence-corrected chi connectivity index (χ2v) is 12.7. The third-order valence-corrected chi connectivity index (χ3v) is 8.37. The van der Waals surface area contributed by atoms with Crippen molar-refractivity contribution in [1.82, 2.24) is 9.80 Å². The maximum atomic E-state index is 13.5. The van der Waals surface area contributed by atoms with E-state index < -0.39 is 11.9 Å². The van der Waals surface area contributed by atoms with Crippen LogP contribution >= 0.6 is 0 Å². The standard InChI is InChI=1S/C35H68N2O5/c1-4-5-6-7-8-13-18-23-31-37(33(38)27-24-30-36(2)3)32(25-19-14-9-11-16-21-28-34(39)40)26-20-15-10-12-17-22-29-35(41)42/h32H,4-31H2,1-3H3,(H,39,40)(H,41,42). The lowest BCUT2D eigenvalue weighted by Gasteiger charge is -2.33. The Hall–Kier alpha value is -1.63. The molecule has 0 unspecified atom stereocenters. The van der Waals surface area contributed by atoms with Gasteiger partial charge >= 0.3 is 11.9 Å². The maximum absolute atomic E-state index is 13.5. The fraction of sp³-hybridized carbons (Fsp3) is 0.914. The summed E-state index contributed by atoms with van der Waals surface area (Å²) < 4.78 is 0. The average Bonchev–Trinajstić information content (AvgIpc) is 2.93. The van der Waals surface area contributed by atoms with Gasteiger partial charge in [0.05, 0.1) is 0 Å². The normalized spacial score (nSPS) is 11.5. The van der Waals surface area contributed by atoms with E-state index in [-0.39, 0.29) is 12.8 Å². The molecule has 2 N–H and O–H groups in total. The van der Waals surface area contributed by atoms with Gasteiger partial charge in [-0.3, -0.25) is 14.4 Å². The monoisotopic (exact) mass is 597 g/mol. The molecule has 7 nitrogen and oxygen atoms in total. The number of carbonyl (C=O) groups is 3. The lowest BCUT2D eigenvalue weighted by Crippen LogP contribution is -2.41. The zero-order valence-corrected chi connectivity index (χ0v) is 27.9. The van der Waals surface area contributed by atoms with Crippen LogP contribution in [-0.4, -0.2) is 71.1 Å². The Morgan fingerprint density at radius 1 is 0.500 bits per heavy atom. The Labute approximate surface area is 259 Å². The van der Waals surface area contributed by atoms with E-state index in [1.807, 2.05) is 0 Å². The number of amides is 1. The summed E-state index contributed by atoms with van der Waals surface area (Å²) in [7, 11) is 4.13. The van der Waals surface area contributed by atoms with E-state index in [1.165, 1.54) is 44.9 Å². The van der Waals surface area contributed by atoms with Crippen LogP contribution in [0, 0.1) is 0 Å². The van der Waals surface area contributed by atoms with Gasteiger partial charge in [0.1, 0.15) is 0 Å². The van der Waals surface area contributed by atoms with Gasteiger partial charge in [-0.05, 0) is 59.2 Å². The molecule has 248 valence electrons. The Morgan fingerprint density at radius 3 is 1.33 bits per heavy atom. The molecule has 0 fully saturated rings. The van der Waals surface area contributed by atoms with Crippen LogP contribution in [-0.2, 0) is 14.4 Å². The Bertz CT molecular complexity index is 625. The van der Waals surface area contributed by atoms with Crippen LogP contribution in [0.5, 0.6) is 0 Å². The summed E-state index contributed by atoms with van der Waals surface area (Å²) in [6.07, 6.45) is 26.8. The maximum Gasteiger partial charge on any atom is 0.303 e. The number of nitrogens with zero attached hydrogens (tertiary/aromatic N) is 2. The summed E-state index contributed by atoms with van der Waals surface area (Å²) in [4.78, 5) is 39.4. The molecule has 0 radical (unpaired) electrons. The lowest BCUT2D eigenvalue weighted by molar-refractivity contribution is -0.138. The highest BCUT2D eigenvalue weighted by molar-refractivity contribution is 5.76. The van der Waals surface area contributed by atoms with Crippen molar-refractivity contribution in [3.63, 3.8) is 0 Å². The molecule has 0 aliphatic heterocycles. The van der Waals surface area contributed by atoms with E-state index in [2.05, 4.69) is 30.8 Å². The fourth-order valence-electron chi connectivity index (χ4n) is 5.80. The minimum Gasteiger partial charge on any atom is -0.481 e. The molecule has 7 heteroatoms. The molecule has 0 aromatic rings. The molecule has 0 heterocycles. The predicted molar refractivity (Wildman–Crippen MR) is 175 cm³/mol. The number of hydrogen-bond donors (Lipinski definition) is 2. The van der Waals surface area contributed by atoms with Crippen molar-refractivity contribution in [2.75, 3.05) is 27.2 Å². The highest BCUT2D eigenvalue weighted by atomic mass is 16.4. The van der Waals surface area contributed by atoms with Crippen molar-refractivity contribution in [3.8, 4) is 0 Å². The molecule has 42 heavy (non-hydrogen) atoms. The van der Waals surface area contributed by atoms with Gasteiger partial charge in [0.2, 0.25) is 5.91 Å². The van der Waals surface area contributed by atoms with Crippen LogP contribution < -0.4 is 0 Å². The number of aliphatic carboxylic acids is 2. The van der Waals surface area contributed by atoms with Crippen LogP contribution in [0.4, 0.5) is 0 Å². The van der Waals surface area contributed by atoms with Crippen LogP contribution in [0.25, 0.3) is 0 Å². The Balaban J connectivity index is 4.94. The third-order valence-electron chi connectivity index (χ3n) is 8.37. The quantitative estimate of drug-likeness (QED) is 0.0752. The van der Waals surface area contributed by atoms with Gasteiger partial charge in [0.15, 0.2) is 0 Å². The molecular formula is C35H68N2O5. The second-order valence-electron chi connectivity index (χ2n) is 12.7. The Kier molecular flexibility index (Phi) is 28.3. The molecule has 1 amide bonds. The zero-order valence-electron chi connectivity index (χ0n) is 27.9. The SMILES string of the molecule is CCCCCCCCCCN(C(=O)CCCN(C)C)C(CCCCCCCCC(=O)O)CCCCCCCCC(=O)O. The van der Waals surface area contributed by atoms with Crippen LogP contribution in [0.15, 0.2) is 0 Å². The molecule has 0 rings (SSSR count). The van der Waals surface area contributed by atoms with E-state index in [0.717, 1.165) is 116 Å². The predicted octanol–water partition coefficient (Wildman–Crippen LogP) is 9.08. The van der Waals surface area contributed by atoms with Crippen molar-refractivity contribution in [2.24, 2.45) is 0 Å². The van der Waals surface area contributed by atoms with Gasteiger partial charge in [-0.15, -0.1) is 0 Å². The molecular weight excluding hydrogens is 528 g/mol. The van der Waals surface area contributed by atoms with Crippen molar-refractivity contribution >= 4 is 17.8 Å². The van der Waals surface area contributed by atoms with Crippen molar-refractivity contribution in [3.05, 3.63) is 0 Å². The van der Waals surface area contributed by atoms with Crippen LogP contribution in [0.3, 0.4) is 0 Å². The summed E-state index contributed by atoms with van der Waals surface area (Å²) in [6.45, 7) is 4.07. The summed E-state index contributed by atoms with van der Waals surface area (Å²) in [6, 6.07) is 0.306. The van der Waals surface area contributed by atoms with Crippen molar-refractivity contribution < 1.29 is 24.6 Å². The number of rotatable bonds is 32. The highest BCUT2D eigenvalue weighted by Crippen LogP contribution is 2.22. The van der Waals surface area contributed by atoms with Gasteiger partial charge in [0.25, 0.3) is 0 Å². The van der Waals surface area contributed by atoms with Crippen LogP contribution in [0.1, 0.15) is 174 Å². The fourth-order valence-corrected chi connectivity index (χ4v) is 5.80. The summed E-state index contributed by atoms with van der Waals surface area (Å²) in [5, 5.41) is 17.7. The van der Waals surface area contributed by atoms with Crippen molar-refractivity contribution in [2.45, 2.75) is 180 Å². The average molecular weight is 597 g/mol. The molecule has 0 aromatic carbocycles. The van der Waals surface area contributed by atoms with Gasteiger partial charge in [-0.2, -0.15) is 0 Å². The van der Waals surface area contributed by atoms with Crippen molar-refractivity contribution in [1.29, 1.82) is 0 Å². The first kappa shape index (κ1) is 40.4. The van der Waals surface area contributed by atoms with E-state index in [4.69, 9.17) is 10.2 Å². The lowest BCUT2D eigenvalue weighted by atomic mass is 9.97. The highest BCUT2D eigenvalue weighted by Gasteiger charge is 2.22. The second kappa shape index (κ2) is 29.4. The zero-order chi connectivity index (χ0) is 31.3. The van der Waals surface area contributed by atoms with Gasteiger partial charge in [-0.25, -0.2) is 0 Å². The third kappa shape index (κ3) is 27.2. The molecule has 0 saturated heterocycles. The minimum absolute atomic E-state index is 0.269. The topological polar surface area (TPSA) is 98.2 Å². The summed E-state index contributed by atoms with van der Waals surface area (Å²) in [5.41, 5.74) is 0. The summed E-state index contributed by atoms with van der Waals surface area (Å²) in [5.74, 6) is -1.08. The molecule has 0 bridgehead atoms. The first-order valence-electron chi connectivity index (χ1n) is 17.7. The largest absolute Gasteiger partial charge is 0.481 e. The summed E-state index contributed by atoms with van der Waals surface area (Å²) >= 11 is 0. The minimum atomic E-state index is -0.704. The number of hydrogen-bond acceptors (Lipinski definition) is 4. The Morgan fingerprint density at radius 2 is 0.905 bits per heavy atom. The van der Waals surface area contributed by atoms with Gasteiger partial charge in [-0.1, -0.05) is 116 Å². The molecule has 0 spiro atoms. The van der Waals surface area contributed by atoms with Gasteiger partial charge < -0.3 is 20.0 Å². The molecule has 0 saturated carbocycles. The number of unbranched alkanes of at least 4 members (excludes halogenated alkanes) is 17.